The monoisotopic (exact) mass is 456 g/mol. The maximum absolute atomic E-state index is 11.2. The lowest BCUT2D eigenvalue weighted by Crippen LogP contribution is -2.44. The maximum atomic E-state index is 11.2. The first-order valence-electron chi connectivity index (χ1n) is 11.5. The number of hydrogen-bond donors (Lipinski definition) is 2. The summed E-state index contributed by atoms with van der Waals surface area (Å²) in [7, 11) is 4.38. The Morgan fingerprint density at radius 1 is 1.19 bits per heavy atom. The molecule has 5 nitrogen and oxygen atoms in total. The highest BCUT2D eigenvalue weighted by Crippen LogP contribution is 2.44. The molecule has 4 rings (SSSR count). The molecule has 172 valence electrons. The molecular formula is C26H33ClN2O3. The molecule has 0 radical (unpaired) electrons. The van der Waals surface area contributed by atoms with Crippen molar-refractivity contribution in [2.75, 3.05) is 20.6 Å². The van der Waals surface area contributed by atoms with Gasteiger partial charge in [-0.1, -0.05) is 41.9 Å². The summed E-state index contributed by atoms with van der Waals surface area (Å²) in [4.78, 5) is 13.5. The zero-order valence-electron chi connectivity index (χ0n) is 18.9. The first-order chi connectivity index (χ1) is 15.4. The molecule has 0 unspecified atom stereocenters. The van der Waals surface area contributed by atoms with E-state index < -0.39 is 12.0 Å². The molecule has 0 spiro atoms. The summed E-state index contributed by atoms with van der Waals surface area (Å²) >= 11 is 6.55. The van der Waals surface area contributed by atoms with Gasteiger partial charge in [0.15, 0.2) is 0 Å². The molecule has 0 amide bonds. The van der Waals surface area contributed by atoms with Gasteiger partial charge in [0.1, 0.15) is 17.9 Å². The van der Waals surface area contributed by atoms with Gasteiger partial charge in [-0.3, -0.25) is 9.69 Å². The van der Waals surface area contributed by atoms with Gasteiger partial charge in [-0.2, -0.15) is 0 Å². The Labute approximate surface area is 195 Å². The van der Waals surface area contributed by atoms with Gasteiger partial charge in [-0.15, -0.1) is 0 Å². The highest BCUT2D eigenvalue weighted by Gasteiger charge is 2.38. The Hall–Kier alpha value is -2.08. The van der Waals surface area contributed by atoms with E-state index in [0.717, 1.165) is 48.4 Å². The molecular weight excluding hydrogens is 424 g/mol. The predicted molar refractivity (Wildman–Crippen MR) is 127 cm³/mol. The van der Waals surface area contributed by atoms with Gasteiger partial charge in [0.2, 0.25) is 0 Å². The summed E-state index contributed by atoms with van der Waals surface area (Å²) in [6.07, 6.45) is 5.85. The lowest BCUT2D eigenvalue weighted by Gasteiger charge is -2.45. The first kappa shape index (κ1) is 23.1. The normalized spacial score (nSPS) is 28.1. The Morgan fingerprint density at radius 2 is 1.91 bits per heavy atom. The lowest BCUT2D eigenvalue weighted by atomic mass is 9.70. The van der Waals surface area contributed by atoms with Crippen LogP contribution in [-0.2, 0) is 16.8 Å². The molecule has 1 aliphatic carbocycles. The van der Waals surface area contributed by atoms with Crippen molar-refractivity contribution in [3.05, 3.63) is 64.7 Å². The Bertz CT molecular complexity index is 926. The average Bonchev–Trinajstić information content (AvgIpc) is 3.26. The standard InChI is InChI=1S/C26H33ClN2O3/c1-29(2)26(20-6-4-3-5-7-20)12-10-18(11-13-26)14-19-15-21(8-9-23(19)27)32-22-16-24(25(30)31)28-17-22/h3-9,15,18,22,24,28H,10-14,16-17H2,1-2H3,(H,30,31)/t18-,22-,24-,26-/m0/s1. The topological polar surface area (TPSA) is 61.8 Å². The molecule has 2 N–H and O–H groups in total. The van der Waals surface area contributed by atoms with Crippen LogP contribution in [0.3, 0.4) is 0 Å². The van der Waals surface area contributed by atoms with Crippen LogP contribution in [0.5, 0.6) is 5.75 Å². The second-order valence-corrected chi connectivity index (χ2v) is 9.87. The highest BCUT2D eigenvalue weighted by atomic mass is 35.5. The second kappa shape index (κ2) is 9.82. The van der Waals surface area contributed by atoms with Gasteiger partial charge in [-0.25, -0.2) is 0 Å². The number of aliphatic carboxylic acids is 1. The SMILES string of the molecule is CN(C)[C@]1(c2ccccc2)CC[C@@H](Cc2cc(O[C@@H]3CN[C@H](C(=O)O)C3)ccc2Cl)CC1. The molecule has 6 heteroatoms. The molecule has 1 heterocycles. The highest BCUT2D eigenvalue weighted by molar-refractivity contribution is 6.31. The molecule has 2 aromatic carbocycles. The van der Waals surface area contributed by atoms with Crippen LogP contribution in [0.2, 0.25) is 5.02 Å². The molecule has 32 heavy (non-hydrogen) atoms. The fourth-order valence-electron chi connectivity index (χ4n) is 5.37. The molecule has 0 aromatic heterocycles. The third-order valence-corrected chi connectivity index (χ3v) is 7.69. The molecule has 0 bridgehead atoms. The van der Waals surface area contributed by atoms with E-state index in [-0.39, 0.29) is 11.6 Å². The number of carboxylic acids is 1. The molecule has 2 aliphatic rings. The van der Waals surface area contributed by atoms with Gasteiger partial charge in [0.05, 0.1) is 0 Å². The van der Waals surface area contributed by atoms with E-state index in [1.807, 2.05) is 18.2 Å². The molecule has 1 saturated carbocycles. The number of benzene rings is 2. The smallest absolute Gasteiger partial charge is 0.320 e. The van der Waals surface area contributed by atoms with Crippen LogP contribution in [0.15, 0.2) is 48.5 Å². The van der Waals surface area contributed by atoms with E-state index in [1.54, 1.807) is 0 Å². The van der Waals surface area contributed by atoms with E-state index >= 15 is 0 Å². The minimum atomic E-state index is -0.825. The summed E-state index contributed by atoms with van der Waals surface area (Å²) < 4.78 is 6.07. The first-order valence-corrected chi connectivity index (χ1v) is 11.9. The number of nitrogens with one attached hydrogen (secondary N) is 1. The molecule has 2 atom stereocenters. The third kappa shape index (κ3) is 4.95. The predicted octanol–water partition coefficient (Wildman–Crippen LogP) is 4.72. The van der Waals surface area contributed by atoms with Crippen molar-refractivity contribution in [2.24, 2.45) is 5.92 Å². The van der Waals surface area contributed by atoms with E-state index in [4.69, 9.17) is 21.4 Å². The van der Waals surface area contributed by atoms with Crippen molar-refractivity contribution in [3.63, 3.8) is 0 Å². The zero-order valence-corrected chi connectivity index (χ0v) is 19.6. The van der Waals surface area contributed by atoms with Crippen LogP contribution in [0, 0.1) is 5.92 Å². The van der Waals surface area contributed by atoms with Crippen molar-refractivity contribution in [3.8, 4) is 5.75 Å². The van der Waals surface area contributed by atoms with Gasteiger partial charge in [0.25, 0.3) is 0 Å². The fraction of sp³-hybridized carbons (Fsp3) is 0.500. The Kier molecular flexibility index (Phi) is 7.08. The average molecular weight is 457 g/mol. The zero-order chi connectivity index (χ0) is 22.7. The van der Waals surface area contributed by atoms with Gasteiger partial charge in [0, 0.05) is 23.5 Å². The summed E-state index contributed by atoms with van der Waals surface area (Å²) in [6.45, 7) is 0.545. The largest absolute Gasteiger partial charge is 0.489 e. The summed E-state index contributed by atoms with van der Waals surface area (Å²) in [6, 6.07) is 16.2. The molecule has 2 aromatic rings. The van der Waals surface area contributed by atoms with E-state index in [2.05, 4.69) is 54.6 Å². The number of carbonyl (C=O) groups is 1. The molecule has 1 aliphatic heterocycles. The van der Waals surface area contributed by atoms with Crippen molar-refractivity contribution in [1.29, 1.82) is 0 Å². The van der Waals surface area contributed by atoms with Crippen LogP contribution in [0.25, 0.3) is 0 Å². The number of hydrogen-bond acceptors (Lipinski definition) is 4. The van der Waals surface area contributed by atoms with Gasteiger partial charge < -0.3 is 15.2 Å². The van der Waals surface area contributed by atoms with Crippen molar-refractivity contribution in [1.82, 2.24) is 10.2 Å². The summed E-state index contributed by atoms with van der Waals surface area (Å²) in [5.41, 5.74) is 2.62. The lowest BCUT2D eigenvalue weighted by molar-refractivity contribution is -0.139. The fourth-order valence-corrected chi connectivity index (χ4v) is 5.56. The summed E-state index contributed by atoms with van der Waals surface area (Å²) in [5.74, 6) is 0.531. The second-order valence-electron chi connectivity index (χ2n) is 9.47. The Morgan fingerprint density at radius 3 is 2.53 bits per heavy atom. The number of nitrogens with zero attached hydrogens (tertiary/aromatic N) is 1. The quantitative estimate of drug-likeness (QED) is 0.631. The molecule has 1 saturated heterocycles. The molecule has 2 fully saturated rings. The number of halogens is 1. The number of carboxylic acid groups (broad SMARTS) is 1. The van der Waals surface area contributed by atoms with Crippen LogP contribution >= 0.6 is 11.6 Å². The number of ether oxygens (including phenoxy) is 1. The number of rotatable bonds is 7. The van der Waals surface area contributed by atoms with Gasteiger partial charge >= 0.3 is 5.97 Å². The minimum absolute atomic E-state index is 0.0999. The van der Waals surface area contributed by atoms with Crippen molar-refractivity contribution in [2.45, 2.75) is 56.2 Å². The van der Waals surface area contributed by atoms with Crippen LogP contribution in [0.1, 0.15) is 43.2 Å². The van der Waals surface area contributed by atoms with Crippen molar-refractivity contribution >= 4 is 17.6 Å². The summed E-state index contributed by atoms with van der Waals surface area (Å²) in [5, 5.41) is 12.9. The minimum Gasteiger partial charge on any atom is -0.489 e. The van der Waals surface area contributed by atoms with Crippen molar-refractivity contribution < 1.29 is 14.6 Å². The Balaban J connectivity index is 1.40. The maximum Gasteiger partial charge on any atom is 0.320 e. The van der Waals surface area contributed by atoms with Gasteiger partial charge in [-0.05, 0) is 81.4 Å². The van der Waals surface area contributed by atoms with Crippen LogP contribution < -0.4 is 10.1 Å². The van der Waals surface area contributed by atoms with Crippen LogP contribution in [0.4, 0.5) is 0 Å². The van der Waals surface area contributed by atoms with E-state index in [1.165, 1.54) is 5.56 Å². The third-order valence-electron chi connectivity index (χ3n) is 7.32. The van der Waals surface area contributed by atoms with E-state index in [9.17, 15) is 4.79 Å². The van der Waals surface area contributed by atoms with Crippen LogP contribution in [-0.4, -0.2) is 48.8 Å². The van der Waals surface area contributed by atoms with E-state index in [0.29, 0.717) is 18.9 Å².